The number of nitrogens with zero attached hydrogens (tertiary/aromatic N) is 3. The number of aromatic nitrogens is 1. The molecule has 0 radical (unpaired) electrons. The molecule has 8 rings (SSSR count). The lowest BCUT2D eigenvalue weighted by Gasteiger charge is -2.15. The molecule has 0 aliphatic heterocycles. The highest BCUT2D eigenvalue weighted by atomic mass is 32.1. The van der Waals surface area contributed by atoms with Gasteiger partial charge in [-0.25, -0.2) is 4.85 Å². The Morgan fingerprint density at radius 2 is 1.40 bits per heavy atom. The van der Waals surface area contributed by atoms with E-state index in [0.717, 1.165) is 38.7 Å². The van der Waals surface area contributed by atoms with Gasteiger partial charge >= 0.3 is 0 Å². The second kappa shape index (κ2) is 9.46. The predicted molar refractivity (Wildman–Crippen MR) is 176 cm³/mol. The minimum Gasteiger partial charge on any atom is -0.308 e. The first kappa shape index (κ1) is 24.1. The first-order valence-corrected chi connectivity index (χ1v) is 14.5. The van der Waals surface area contributed by atoms with Gasteiger partial charge in [0.15, 0.2) is 5.69 Å². The van der Waals surface area contributed by atoms with Crippen molar-refractivity contribution in [1.29, 1.82) is 5.26 Å². The van der Waals surface area contributed by atoms with E-state index in [1.54, 1.807) is 18.2 Å². The van der Waals surface area contributed by atoms with Gasteiger partial charge in [0, 0.05) is 43.1 Å². The first-order valence-electron chi connectivity index (χ1n) is 13.7. The van der Waals surface area contributed by atoms with Crippen LogP contribution in [0.1, 0.15) is 5.56 Å². The van der Waals surface area contributed by atoms with Gasteiger partial charge in [-0.05, 0) is 53.1 Å². The van der Waals surface area contributed by atoms with Crippen LogP contribution in [-0.2, 0) is 0 Å². The molecule has 0 aliphatic carbocycles. The topological polar surface area (TPSA) is 33.1 Å². The van der Waals surface area contributed by atoms with Crippen LogP contribution in [0, 0.1) is 17.9 Å². The summed E-state index contributed by atoms with van der Waals surface area (Å²) in [5.74, 6) is 0. The van der Waals surface area contributed by atoms with Crippen LogP contribution >= 0.6 is 11.3 Å². The number of hydrogen-bond acceptors (Lipinski definition) is 2. The van der Waals surface area contributed by atoms with Gasteiger partial charge in [0.05, 0.1) is 28.4 Å². The summed E-state index contributed by atoms with van der Waals surface area (Å²) in [6.07, 6.45) is 0. The van der Waals surface area contributed by atoms with E-state index in [-0.39, 0.29) is 0 Å². The molecule has 0 spiro atoms. The maximum Gasteiger partial charge on any atom is 0.196 e. The zero-order chi connectivity index (χ0) is 28.2. The summed E-state index contributed by atoms with van der Waals surface area (Å²) >= 11 is 1.82. The molecule has 0 N–H and O–H groups in total. The Kier molecular flexibility index (Phi) is 5.44. The standard InChI is InChI=1S/C38H21N3S/c1-40-33-17-10-13-25(23-39)36(33)32-21-31-28-19-20-29-27-16-8-9-18-35(27)42-38(29)37(28)41(26-14-6-3-7-15-26)34(31)22-30(32)24-11-4-2-5-12-24/h2-22H. The van der Waals surface area contributed by atoms with Gasteiger partial charge in [-0.2, -0.15) is 5.26 Å². The Bertz CT molecular complexity index is 2390. The van der Waals surface area contributed by atoms with Crippen LogP contribution in [0.25, 0.3) is 74.8 Å². The first-order chi connectivity index (χ1) is 20.8. The minimum absolute atomic E-state index is 0.476. The molecule has 0 aliphatic rings. The molecule has 0 saturated carbocycles. The Labute approximate surface area is 246 Å². The molecule has 4 heteroatoms. The third kappa shape index (κ3) is 3.50. The van der Waals surface area contributed by atoms with E-state index in [1.165, 1.54) is 25.7 Å². The molecule has 42 heavy (non-hydrogen) atoms. The predicted octanol–water partition coefficient (Wildman–Crippen LogP) is 10.9. The zero-order valence-corrected chi connectivity index (χ0v) is 23.2. The number of fused-ring (bicyclic) bond motifs is 7. The third-order valence-electron chi connectivity index (χ3n) is 8.06. The van der Waals surface area contributed by atoms with Crippen LogP contribution in [-0.4, -0.2) is 4.57 Å². The molecule has 0 amide bonds. The number of hydrogen-bond donors (Lipinski definition) is 0. The molecule has 0 atom stereocenters. The summed E-state index contributed by atoms with van der Waals surface area (Å²) in [5.41, 5.74) is 7.92. The average molecular weight is 552 g/mol. The Morgan fingerprint density at radius 1 is 0.667 bits per heavy atom. The highest BCUT2D eigenvalue weighted by Crippen LogP contribution is 2.47. The van der Waals surface area contributed by atoms with Crippen molar-refractivity contribution < 1.29 is 0 Å². The lowest BCUT2D eigenvalue weighted by atomic mass is 9.89. The Morgan fingerprint density at radius 3 is 2.19 bits per heavy atom. The molecular formula is C38H21N3S. The molecule has 0 bridgehead atoms. The Balaban J connectivity index is 1.61. The average Bonchev–Trinajstić information content (AvgIpc) is 3.60. The largest absolute Gasteiger partial charge is 0.308 e. The van der Waals surface area contributed by atoms with E-state index in [1.807, 2.05) is 35.6 Å². The molecule has 0 fully saturated rings. The molecule has 2 heterocycles. The molecule has 0 unspecified atom stereocenters. The van der Waals surface area contributed by atoms with E-state index >= 15 is 0 Å². The number of benzene rings is 6. The van der Waals surface area contributed by atoms with Crippen molar-refractivity contribution >= 4 is 59.0 Å². The fourth-order valence-electron chi connectivity index (χ4n) is 6.24. The third-order valence-corrected chi connectivity index (χ3v) is 9.26. The molecule has 3 nitrogen and oxygen atoms in total. The van der Waals surface area contributed by atoms with Crippen LogP contribution in [0.4, 0.5) is 5.69 Å². The van der Waals surface area contributed by atoms with Crippen molar-refractivity contribution in [2.45, 2.75) is 0 Å². The van der Waals surface area contributed by atoms with Crippen LogP contribution < -0.4 is 0 Å². The summed E-state index contributed by atoms with van der Waals surface area (Å²) < 4.78 is 4.89. The smallest absolute Gasteiger partial charge is 0.196 e. The normalized spacial score (nSPS) is 11.3. The van der Waals surface area contributed by atoms with Crippen LogP contribution in [0.3, 0.4) is 0 Å². The van der Waals surface area contributed by atoms with Crippen molar-refractivity contribution in [3.05, 3.63) is 144 Å². The highest BCUT2D eigenvalue weighted by molar-refractivity contribution is 7.26. The lowest BCUT2D eigenvalue weighted by Crippen LogP contribution is -1.95. The van der Waals surface area contributed by atoms with Crippen molar-refractivity contribution in [3.8, 4) is 34.0 Å². The lowest BCUT2D eigenvalue weighted by molar-refractivity contribution is 1.19. The van der Waals surface area contributed by atoms with E-state index < -0.39 is 0 Å². The maximum absolute atomic E-state index is 10.1. The van der Waals surface area contributed by atoms with Gasteiger partial charge in [0.2, 0.25) is 0 Å². The second-order valence-electron chi connectivity index (χ2n) is 10.3. The van der Waals surface area contributed by atoms with E-state index in [4.69, 9.17) is 6.57 Å². The fraction of sp³-hybridized carbons (Fsp3) is 0. The van der Waals surface area contributed by atoms with Gasteiger partial charge in [0.25, 0.3) is 0 Å². The summed E-state index contributed by atoms with van der Waals surface area (Å²) in [4.78, 5) is 3.85. The van der Waals surface area contributed by atoms with Crippen molar-refractivity contribution in [2.75, 3.05) is 0 Å². The van der Waals surface area contributed by atoms with Gasteiger partial charge in [-0.15, -0.1) is 11.3 Å². The molecule has 6 aromatic carbocycles. The van der Waals surface area contributed by atoms with Crippen LogP contribution in [0.15, 0.2) is 127 Å². The summed E-state index contributed by atoms with van der Waals surface area (Å²) in [5, 5.41) is 14.9. The second-order valence-corrected chi connectivity index (χ2v) is 11.4. The number of rotatable bonds is 3. The molecule has 8 aromatic rings. The number of nitriles is 1. The molecule has 0 saturated heterocycles. The maximum atomic E-state index is 10.1. The van der Waals surface area contributed by atoms with Gasteiger partial charge in [0.1, 0.15) is 0 Å². The number of thiophene rings is 1. The number of para-hydroxylation sites is 1. The molecular weight excluding hydrogens is 531 g/mol. The fourth-order valence-corrected chi connectivity index (χ4v) is 7.48. The van der Waals surface area contributed by atoms with Crippen LogP contribution in [0.2, 0.25) is 0 Å². The Hall–Kier alpha value is -5.68. The van der Waals surface area contributed by atoms with Crippen molar-refractivity contribution in [1.82, 2.24) is 4.57 Å². The van der Waals surface area contributed by atoms with Gasteiger partial charge < -0.3 is 4.57 Å². The molecule has 194 valence electrons. The monoisotopic (exact) mass is 551 g/mol. The highest BCUT2D eigenvalue weighted by Gasteiger charge is 2.22. The van der Waals surface area contributed by atoms with Gasteiger partial charge in [-0.1, -0.05) is 91.0 Å². The van der Waals surface area contributed by atoms with E-state index in [0.29, 0.717) is 16.8 Å². The zero-order valence-electron chi connectivity index (χ0n) is 22.4. The SMILES string of the molecule is [C-]#[N+]c1cccc(C#N)c1-c1cc2c3ccc4c5ccccc5sc4c3n(-c3ccccc3)c2cc1-c1ccccc1. The summed E-state index contributed by atoms with van der Waals surface area (Å²) in [6, 6.07) is 46.0. The molecule has 2 aromatic heterocycles. The summed E-state index contributed by atoms with van der Waals surface area (Å²) in [6.45, 7) is 7.95. The van der Waals surface area contributed by atoms with Crippen LogP contribution in [0.5, 0.6) is 0 Å². The van der Waals surface area contributed by atoms with Crippen molar-refractivity contribution in [3.63, 3.8) is 0 Å². The van der Waals surface area contributed by atoms with Crippen molar-refractivity contribution in [2.24, 2.45) is 0 Å². The van der Waals surface area contributed by atoms with E-state index in [2.05, 4.69) is 100 Å². The van der Waals surface area contributed by atoms with E-state index in [9.17, 15) is 5.26 Å². The summed E-state index contributed by atoms with van der Waals surface area (Å²) in [7, 11) is 0. The quantitative estimate of drug-likeness (QED) is 0.201. The minimum atomic E-state index is 0.476. The van der Waals surface area contributed by atoms with Gasteiger partial charge in [-0.3, -0.25) is 0 Å².